The zero-order chi connectivity index (χ0) is 17.0. The first kappa shape index (κ1) is 14.7. The Hall–Kier alpha value is -2.61. The summed E-state index contributed by atoms with van der Waals surface area (Å²) in [5.74, 6) is 1.34. The maximum atomic E-state index is 11.2. The number of carbonyl (C=O) groups excluding carboxylic acids is 1. The molecule has 0 amide bonds. The van der Waals surface area contributed by atoms with E-state index in [1.807, 2.05) is 18.2 Å². The van der Waals surface area contributed by atoms with Gasteiger partial charge in [0.15, 0.2) is 0 Å². The van der Waals surface area contributed by atoms with Crippen LogP contribution in [0.2, 0.25) is 0 Å². The maximum Gasteiger partial charge on any atom is 0.150 e. The van der Waals surface area contributed by atoms with Crippen molar-refractivity contribution in [1.82, 2.24) is 0 Å². The monoisotopic (exact) mass is 328 g/mol. The number of benzene rings is 3. The van der Waals surface area contributed by atoms with Crippen LogP contribution < -0.4 is 0 Å². The van der Waals surface area contributed by atoms with Crippen molar-refractivity contribution in [3.8, 4) is 16.9 Å². The minimum atomic E-state index is 0.293. The van der Waals surface area contributed by atoms with Crippen LogP contribution in [0.1, 0.15) is 59.0 Å². The number of phenolic OH excluding ortho intramolecular Hbond substituents is 1. The lowest BCUT2D eigenvalue weighted by atomic mass is 9.65. The van der Waals surface area contributed by atoms with Gasteiger partial charge in [0.05, 0.1) is 0 Å². The summed E-state index contributed by atoms with van der Waals surface area (Å²) < 4.78 is 0. The molecule has 2 aliphatic carbocycles. The van der Waals surface area contributed by atoms with Gasteiger partial charge in [-0.05, 0) is 64.5 Å². The Morgan fingerprint density at radius 1 is 0.880 bits per heavy atom. The van der Waals surface area contributed by atoms with E-state index >= 15 is 0 Å². The predicted molar refractivity (Wildman–Crippen MR) is 100 cm³/mol. The molecule has 3 aromatic carbocycles. The van der Waals surface area contributed by atoms with E-state index in [2.05, 4.69) is 24.3 Å². The largest absolute Gasteiger partial charge is 0.507 e. The first-order chi connectivity index (χ1) is 12.3. The third-order valence-electron chi connectivity index (χ3n) is 6.10. The fourth-order valence-corrected chi connectivity index (χ4v) is 5.03. The fraction of sp³-hybridized carbons (Fsp3) is 0.261. The van der Waals surface area contributed by atoms with E-state index in [0.29, 0.717) is 23.1 Å². The summed E-state index contributed by atoms with van der Waals surface area (Å²) in [6.07, 6.45) is 5.79. The maximum absolute atomic E-state index is 11.2. The molecule has 0 bridgehead atoms. The molecule has 0 spiro atoms. The molecule has 3 aromatic rings. The van der Waals surface area contributed by atoms with Gasteiger partial charge in [0.25, 0.3) is 0 Å². The van der Waals surface area contributed by atoms with Gasteiger partial charge >= 0.3 is 0 Å². The van der Waals surface area contributed by atoms with Gasteiger partial charge in [-0.25, -0.2) is 0 Å². The Morgan fingerprint density at radius 3 is 2.44 bits per heavy atom. The topological polar surface area (TPSA) is 37.3 Å². The molecule has 2 unspecified atom stereocenters. The van der Waals surface area contributed by atoms with Gasteiger partial charge < -0.3 is 5.11 Å². The highest BCUT2D eigenvalue weighted by molar-refractivity contribution is 6.04. The average Bonchev–Trinajstić information content (AvgIpc) is 2.68. The lowest BCUT2D eigenvalue weighted by molar-refractivity contribution is 0.112. The van der Waals surface area contributed by atoms with Gasteiger partial charge in [-0.2, -0.15) is 0 Å². The Kier molecular flexibility index (Phi) is 3.21. The number of fused-ring (bicyclic) bond motifs is 8. The highest BCUT2D eigenvalue weighted by atomic mass is 16.3. The van der Waals surface area contributed by atoms with E-state index in [-0.39, 0.29) is 0 Å². The van der Waals surface area contributed by atoms with Gasteiger partial charge in [-0.3, -0.25) is 4.79 Å². The normalized spacial score (nSPS) is 21.3. The number of aromatic hydroxyl groups is 1. The van der Waals surface area contributed by atoms with Crippen molar-refractivity contribution >= 4 is 17.1 Å². The molecule has 0 aromatic heterocycles. The van der Waals surface area contributed by atoms with Crippen LogP contribution in [0.15, 0.2) is 48.5 Å². The van der Waals surface area contributed by atoms with Crippen LogP contribution in [0, 0.1) is 0 Å². The number of hydrogen-bond donors (Lipinski definition) is 1. The average molecular weight is 328 g/mol. The number of hydrogen-bond acceptors (Lipinski definition) is 2. The second-order valence-corrected chi connectivity index (χ2v) is 7.37. The fourth-order valence-electron chi connectivity index (χ4n) is 5.03. The Balaban J connectivity index is 1.89. The minimum absolute atomic E-state index is 0.293. The molecule has 2 atom stereocenters. The van der Waals surface area contributed by atoms with Crippen molar-refractivity contribution in [2.45, 2.75) is 37.5 Å². The first-order valence-corrected chi connectivity index (χ1v) is 9.12. The molecule has 1 N–H and O–H groups in total. The highest BCUT2D eigenvalue weighted by Crippen LogP contribution is 2.55. The molecule has 1 saturated carbocycles. The predicted octanol–water partition coefficient (Wildman–Crippen LogP) is 5.78. The zero-order valence-corrected chi connectivity index (χ0v) is 14.0. The summed E-state index contributed by atoms with van der Waals surface area (Å²) in [6.45, 7) is 0. The molecule has 2 aliphatic rings. The Morgan fingerprint density at radius 2 is 1.64 bits per heavy atom. The number of phenols is 1. The quantitative estimate of drug-likeness (QED) is 0.575. The molecule has 2 heteroatoms. The standard InChI is InChI=1S/C23H20O2/c24-13-14-9-10-19-20(11-14)22(25)12-21-17-7-2-1-5-15(17)16-6-3-4-8-18(16)23(19)21/h3-4,6,8-13,15,17,25H,1-2,5,7H2. The van der Waals surface area contributed by atoms with Crippen molar-refractivity contribution < 1.29 is 9.90 Å². The zero-order valence-electron chi connectivity index (χ0n) is 14.0. The Bertz CT molecular complexity index is 1000. The SMILES string of the molecule is O=Cc1ccc2c3c(cc(O)c2c1)C1CCCCC1c1ccccc1-3. The molecule has 2 nitrogen and oxygen atoms in total. The molecule has 0 radical (unpaired) electrons. The van der Waals surface area contributed by atoms with Crippen LogP contribution in [0.3, 0.4) is 0 Å². The van der Waals surface area contributed by atoms with Crippen LogP contribution in [-0.2, 0) is 0 Å². The molecule has 124 valence electrons. The summed E-state index contributed by atoms with van der Waals surface area (Å²) in [7, 11) is 0. The van der Waals surface area contributed by atoms with Gasteiger partial charge in [0, 0.05) is 10.9 Å². The van der Waals surface area contributed by atoms with Crippen molar-refractivity contribution in [2.24, 2.45) is 0 Å². The van der Waals surface area contributed by atoms with E-state index in [1.165, 1.54) is 47.9 Å². The molecule has 25 heavy (non-hydrogen) atoms. The molecule has 0 saturated heterocycles. The second kappa shape index (κ2) is 5.45. The molecule has 1 fully saturated rings. The highest BCUT2D eigenvalue weighted by Gasteiger charge is 2.36. The van der Waals surface area contributed by atoms with E-state index < -0.39 is 0 Å². The van der Waals surface area contributed by atoms with Crippen LogP contribution in [0.4, 0.5) is 0 Å². The van der Waals surface area contributed by atoms with Crippen molar-refractivity contribution in [3.05, 3.63) is 65.2 Å². The summed E-state index contributed by atoms with van der Waals surface area (Å²) in [4.78, 5) is 11.2. The lowest BCUT2D eigenvalue weighted by Gasteiger charge is -2.39. The summed E-state index contributed by atoms with van der Waals surface area (Å²) in [5, 5.41) is 12.5. The van der Waals surface area contributed by atoms with Crippen molar-refractivity contribution in [3.63, 3.8) is 0 Å². The molecular weight excluding hydrogens is 308 g/mol. The van der Waals surface area contributed by atoms with Crippen molar-refractivity contribution in [2.75, 3.05) is 0 Å². The molecule has 0 heterocycles. The van der Waals surface area contributed by atoms with E-state index in [4.69, 9.17) is 0 Å². The van der Waals surface area contributed by atoms with Crippen LogP contribution in [-0.4, -0.2) is 11.4 Å². The molecular formula is C23H20O2. The number of aldehydes is 1. The van der Waals surface area contributed by atoms with Gasteiger partial charge in [-0.15, -0.1) is 0 Å². The number of carbonyl (C=O) groups is 1. The third-order valence-corrected chi connectivity index (χ3v) is 6.10. The van der Waals surface area contributed by atoms with Crippen molar-refractivity contribution in [1.29, 1.82) is 0 Å². The second-order valence-electron chi connectivity index (χ2n) is 7.37. The van der Waals surface area contributed by atoms with E-state index in [0.717, 1.165) is 17.1 Å². The Labute approximate surface area is 147 Å². The molecule has 5 rings (SSSR count). The van der Waals surface area contributed by atoms with Gasteiger partial charge in [0.1, 0.15) is 12.0 Å². The van der Waals surface area contributed by atoms with Crippen LogP contribution in [0.25, 0.3) is 21.9 Å². The third kappa shape index (κ3) is 2.07. The molecule has 0 aliphatic heterocycles. The van der Waals surface area contributed by atoms with Crippen LogP contribution in [0.5, 0.6) is 5.75 Å². The van der Waals surface area contributed by atoms with E-state index in [1.54, 1.807) is 6.07 Å². The van der Waals surface area contributed by atoms with E-state index in [9.17, 15) is 9.90 Å². The smallest absolute Gasteiger partial charge is 0.150 e. The summed E-state index contributed by atoms with van der Waals surface area (Å²) in [6, 6.07) is 16.3. The van der Waals surface area contributed by atoms with Gasteiger partial charge in [-0.1, -0.05) is 49.2 Å². The van der Waals surface area contributed by atoms with Crippen LogP contribution >= 0.6 is 0 Å². The van der Waals surface area contributed by atoms with Gasteiger partial charge in [0.2, 0.25) is 0 Å². The lowest BCUT2D eigenvalue weighted by Crippen LogP contribution is -2.21. The minimum Gasteiger partial charge on any atom is -0.507 e. The summed E-state index contributed by atoms with van der Waals surface area (Å²) in [5.41, 5.74) is 5.88. The summed E-state index contributed by atoms with van der Waals surface area (Å²) >= 11 is 0. The first-order valence-electron chi connectivity index (χ1n) is 9.12. The number of rotatable bonds is 1.